The number of hydrogen-bond donors (Lipinski definition) is 2. The molecule has 0 aliphatic heterocycles. The number of nitrogens with one attached hydrogen (secondary N) is 2. The van der Waals surface area contributed by atoms with Crippen LogP contribution in [0.2, 0.25) is 0 Å². The van der Waals surface area contributed by atoms with E-state index in [-0.39, 0.29) is 30.4 Å². The Hall–Kier alpha value is -1.56. The van der Waals surface area contributed by atoms with Crippen LogP contribution in [0.15, 0.2) is 30.3 Å². The van der Waals surface area contributed by atoms with Gasteiger partial charge < -0.3 is 10.1 Å². The van der Waals surface area contributed by atoms with Crippen LogP contribution in [0, 0.1) is 5.92 Å². The van der Waals surface area contributed by atoms with Crippen LogP contribution in [0.4, 0.5) is 0 Å². The summed E-state index contributed by atoms with van der Waals surface area (Å²) in [6.07, 6.45) is 3.46. The summed E-state index contributed by atoms with van der Waals surface area (Å²) in [5.74, 6) is 0.102. The van der Waals surface area contributed by atoms with Gasteiger partial charge in [0.1, 0.15) is 6.29 Å². The number of Topliss-reactive ketones (excluding diaryl/α,β-unsaturated/α-hetero) is 1. The smallest absolute Gasteiger partial charge is 0.166 e. The third-order valence-electron chi connectivity index (χ3n) is 4.11. The van der Waals surface area contributed by atoms with Crippen molar-refractivity contribution in [1.29, 1.82) is 0 Å². The van der Waals surface area contributed by atoms with Gasteiger partial charge in [0.05, 0.1) is 24.7 Å². The number of carbonyl (C=O) groups excluding carboxylic acids is 2. The zero-order valence-corrected chi connectivity index (χ0v) is 15.8. The third-order valence-corrected chi connectivity index (χ3v) is 4.11. The van der Waals surface area contributed by atoms with Crippen molar-refractivity contribution in [1.82, 2.24) is 10.8 Å². The molecule has 2 N–H and O–H groups in total. The van der Waals surface area contributed by atoms with Gasteiger partial charge >= 0.3 is 0 Å². The molecule has 3 atom stereocenters. The molecule has 5 heteroatoms. The van der Waals surface area contributed by atoms with E-state index in [1.54, 1.807) is 0 Å². The first-order chi connectivity index (χ1) is 12.0. The number of hydrogen-bond acceptors (Lipinski definition) is 5. The normalized spacial score (nSPS) is 14.9. The molecule has 0 aliphatic carbocycles. The first-order valence-electron chi connectivity index (χ1n) is 9.14. The van der Waals surface area contributed by atoms with E-state index in [0.717, 1.165) is 24.7 Å². The maximum atomic E-state index is 12.5. The predicted molar refractivity (Wildman–Crippen MR) is 100 cm³/mol. The first kappa shape index (κ1) is 21.5. The minimum atomic E-state index is -0.393. The van der Waals surface area contributed by atoms with E-state index in [0.29, 0.717) is 6.42 Å². The van der Waals surface area contributed by atoms with E-state index in [1.807, 2.05) is 51.1 Å². The van der Waals surface area contributed by atoms with Gasteiger partial charge in [0, 0.05) is 0 Å². The predicted octanol–water partition coefficient (Wildman–Crippen LogP) is 2.69. The van der Waals surface area contributed by atoms with Gasteiger partial charge in [-0.2, -0.15) is 5.48 Å². The molecular weight excluding hydrogens is 316 g/mol. The lowest BCUT2D eigenvalue weighted by molar-refractivity contribution is -0.128. The van der Waals surface area contributed by atoms with Gasteiger partial charge in [-0.3, -0.25) is 9.63 Å². The summed E-state index contributed by atoms with van der Waals surface area (Å²) in [6, 6.07) is 9.00. The van der Waals surface area contributed by atoms with E-state index in [1.165, 1.54) is 0 Å². The van der Waals surface area contributed by atoms with Crippen LogP contribution in [-0.4, -0.2) is 36.8 Å². The topological polar surface area (TPSA) is 67.4 Å². The Kier molecular flexibility index (Phi) is 10.2. The van der Waals surface area contributed by atoms with Gasteiger partial charge in [-0.1, -0.05) is 57.5 Å². The third kappa shape index (κ3) is 8.38. The Morgan fingerprint density at radius 1 is 1.20 bits per heavy atom. The Morgan fingerprint density at radius 3 is 2.44 bits per heavy atom. The zero-order valence-electron chi connectivity index (χ0n) is 15.8. The van der Waals surface area contributed by atoms with Crippen LogP contribution in [0.3, 0.4) is 0 Å². The maximum absolute atomic E-state index is 12.5. The number of aldehydes is 1. The quantitative estimate of drug-likeness (QED) is 0.424. The van der Waals surface area contributed by atoms with Crippen LogP contribution in [0.5, 0.6) is 0 Å². The van der Waals surface area contributed by atoms with Crippen LogP contribution in [0.1, 0.15) is 46.1 Å². The largest absolute Gasteiger partial charge is 0.302 e. The van der Waals surface area contributed by atoms with Crippen LogP contribution >= 0.6 is 0 Å². The van der Waals surface area contributed by atoms with E-state index >= 15 is 0 Å². The minimum absolute atomic E-state index is 0.00129. The minimum Gasteiger partial charge on any atom is -0.302 e. The lowest BCUT2D eigenvalue weighted by atomic mass is 10.00. The van der Waals surface area contributed by atoms with Gasteiger partial charge in [0.2, 0.25) is 0 Å². The van der Waals surface area contributed by atoms with Crippen LogP contribution < -0.4 is 10.8 Å². The van der Waals surface area contributed by atoms with E-state index in [9.17, 15) is 9.59 Å². The van der Waals surface area contributed by atoms with Crippen molar-refractivity contribution < 1.29 is 14.4 Å². The van der Waals surface area contributed by atoms with Gasteiger partial charge in [-0.05, 0) is 31.2 Å². The Labute approximate surface area is 151 Å². The number of carbonyl (C=O) groups is 2. The molecule has 0 saturated heterocycles. The highest BCUT2D eigenvalue weighted by atomic mass is 16.7. The van der Waals surface area contributed by atoms with Crippen LogP contribution in [-0.2, 0) is 20.8 Å². The molecule has 140 valence electrons. The molecule has 1 rings (SSSR count). The molecule has 25 heavy (non-hydrogen) atoms. The van der Waals surface area contributed by atoms with Crippen molar-refractivity contribution in [2.24, 2.45) is 5.92 Å². The highest BCUT2D eigenvalue weighted by molar-refractivity contribution is 5.86. The fourth-order valence-electron chi connectivity index (χ4n) is 2.61. The van der Waals surface area contributed by atoms with Gasteiger partial charge in [-0.25, -0.2) is 0 Å². The van der Waals surface area contributed by atoms with Crippen LogP contribution in [0.25, 0.3) is 0 Å². The van der Waals surface area contributed by atoms with Gasteiger partial charge in [0.25, 0.3) is 0 Å². The Balaban J connectivity index is 2.50. The van der Waals surface area contributed by atoms with Crippen molar-refractivity contribution in [3.05, 3.63) is 35.9 Å². The van der Waals surface area contributed by atoms with Crippen molar-refractivity contribution >= 4 is 12.1 Å². The molecule has 5 nitrogen and oxygen atoms in total. The highest BCUT2D eigenvalue weighted by Gasteiger charge is 2.23. The van der Waals surface area contributed by atoms with Gasteiger partial charge in [0.15, 0.2) is 5.78 Å². The summed E-state index contributed by atoms with van der Waals surface area (Å²) < 4.78 is 0. The van der Waals surface area contributed by atoms with E-state index in [4.69, 9.17) is 4.84 Å². The lowest BCUT2D eigenvalue weighted by Gasteiger charge is -2.24. The summed E-state index contributed by atoms with van der Waals surface area (Å²) >= 11 is 0. The number of rotatable bonds is 13. The second-order valence-corrected chi connectivity index (χ2v) is 6.84. The van der Waals surface area contributed by atoms with Crippen molar-refractivity contribution in [3.8, 4) is 0 Å². The van der Waals surface area contributed by atoms with E-state index in [2.05, 4.69) is 17.7 Å². The molecule has 0 spiro atoms. The molecule has 0 aliphatic rings. The Morgan fingerprint density at radius 2 is 1.88 bits per heavy atom. The Bertz CT molecular complexity index is 505. The summed E-state index contributed by atoms with van der Waals surface area (Å²) in [7, 11) is 0. The lowest BCUT2D eigenvalue weighted by Crippen LogP contribution is -2.48. The molecule has 0 saturated carbocycles. The monoisotopic (exact) mass is 348 g/mol. The number of hydroxylamine groups is 1. The second-order valence-electron chi connectivity index (χ2n) is 6.84. The van der Waals surface area contributed by atoms with Crippen molar-refractivity contribution in [2.45, 2.75) is 65.1 Å². The first-order valence-corrected chi connectivity index (χ1v) is 9.14. The van der Waals surface area contributed by atoms with Crippen molar-refractivity contribution in [3.63, 3.8) is 0 Å². The number of ketones is 1. The summed E-state index contributed by atoms with van der Waals surface area (Å²) in [5.41, 5.74) is 3.98. The molecule has 1 aromatic carbocycles. The summed E-state index contributed by atoms with van der Waals surface area (Å²) in [4.78, 5) is 29.4. The molecule has 0 fully saturated rings. The average Bonchev–Trinajstić information content (AvgIpc) is 2.59. The van der Waals surface area contributed by atoms with Crippen molar-refractivity contribution in [2.75, 3.05) is 6.54 Å². The molecular formula is C20H32N2O3. The molecule has 0 heterocycles. The SMILES string of the molecule is CCCC(C)ON[C@H](C(=O)CN[C@H](C=O)Cc1ccccc1)C(C)C. The summed E-state index contributed by atoms with van der Waals surface area (Å²) in [5, 5.41) is 3.05. The summed E-state index contributed by atoms with van der Waals surface area (Å²) in [6.45, 7) is 8.17. The second kappa shape index (κ2) is 11.9. The molecule has 0 bridgehead atoms. The highest BCUT2D eigenvalue weighted by Crippen LogP contribution is 2.07. The maximum Gasteiger partial charge on any atom is 0.166 e. The molecule has 1 unspecified atom stereocenters. The molecule has 1 aromatic rings. The standard InChI is InChI=1S/C20H32N2O3/c1-5-9-16(4)25-22-20(15(2)3)19(24)13-21-18(14-23)12-17-10-7-6-8-11-17/h6-8,10-11,14-16,18,20-22H,5,9,12-13H2,1-4H3/t16?,18-,20-/m0/s1. The molecule has 0 aromatic heterocycles. The molecule has 0 amide bonds. The fraction of sp³-hybridized carbons (Fsp3) is 0.600. The zero-order chi connectivity index (χ0) is 18.7. The fourth-order valence-corrected chi connectivity index (χ4v) is 2.61. The van der Waals surface area contributed by atoms with E-state index < -0.39 is 6.04 Å². The average molecular weight is 348 g/mol. The number of benzene rings is 1. The molecule has 0 radical (unpaired) electrons. The van der Waals surface area contributed by atoms with Gasteiger partial charge in [-0.15, -0.1) is 0 Å².